The molecule has 8 aromatic heterocycles. The Hall–Kier alpha value is -11.2. The van der Waals surface area contributed by atoms with Crippen LogP contribution in [0.3, 0.4) is 0 Å². The van der Waals surface area contributed by atoms with E-state index in [1.54, 1.807) is 10.9 Å². The summed E-state index contributed by atoms with van der Waals surface area (Å²) in [5.41, 5.74) is 18.7. The van der Waals surface area contributed by atoms with Crippen LogP contribution in [0.4, 0.5) is 0 Å². The van der Waals surface area contributed by atoms with E-state index in [1.165, 1.54) is 10.9 Å². The lowest BCUT2D eigenvalue weighted by molar-refractivity contribution is 0.0467. The molecule has 0 aliphatic heterocycles. The van der Waals surface area contributed by atoms with Crippen molar-refractivity contribution < 1.29 is 24.3 Å². The quantitative estimate of drug-likeness (QED) is 0.0396. The van der Waals surface area contributed by atoms with Gasteiger partial charge in [-0.3, -0.25) is 9.59 Å². The smallest absolute Gasteiger partial charge is 0.366 e. The summed E-state index contributed by atoms with van der Waals surface area (Å²) < 4.78 is 1.62. The van der Waals surface area contributed by atoms with Crippen LogP contribution in [0, 0.1) is 0 Å². The summed E-state index contributed by atoms with van der Waals surface area (Å²) in [6, 6.07) is 58.8. The Morgan fingerprint density at radius 1 is 0.523 bits per heavy atom. The molecule has 0 amide bonds. The van der Waals surface area contributed by atoms with Gasteiger partial charge in [-0.1, -0.05) is 111 Å². The number of nitrogens with one attached hydrogen (secondary N) is 7. The molecule has 13 heteroatoms. The molecule has 0 aliphatic carbocycles. The van der Waals surface area contributed by atoms with E-state index in [2.05, 4.69) is 128 Å². The molecule has 0 spiro atoms. The lowest BCUT2D eigenvalue weighted by atomic mass is 9.92. The number of nitrogens with zero attached hydrogens (tertiary/aromatic N) is 1. The summed E-state index contributed by atoms with van der Waals surface area (Å²) in [5.74, 6) is -1.53. The number of aliphatic hydroxyl groups excluding tert-OH is 1. The number of ketones is 1. The van der Waals surface area contributed by atoms with Gasteiger partial charge in [-0.25, -0.2) is 4.79 Å². The van der Waals surface area contributed by atoms with Gasteiger partial charge in [-0.2, -0.15) is 4.73 Å². The average Bonchev–Trinajstić information content (AvgIpc) is 3.83. The van der Waals surface area contributed by atoms with Gasteiger partial charge in [0, 0.05) is 147 Å². The minimum atomic E-state index is -0.547. The van der Waals surface area contributed by atoms with E-state index in [1.807, 2.05) is 116 Å². The Kier molecular flexibility index (Phi) is 11.6. The Bertz CT molecular complexity index is 5440. The molecule has 0 saturated carbocycles. The van der Waals surface area contributed by atoms with Crippen molar-refractivity contribution in [2.24, 2.45) is 0 Å². The van der Waals surface area contributed by atoms with E-state index < -0.39 is 11.9 Å². The van der Waals surface area contributed by atoms with Crippen molar-refractivity contribution in [1.82, 2.24) is 39.6 Å². The minimum Gasteiger partial charge on any atom is -0.392 e. The fourth-order valence-corrected chi connectivity index (χ4v) is 13.5. The first-order valence-corrected chi connectivity index (χ1v) is 28.9. The number of hydrogen-bond donors (Lipinski definition) is 8. The molecule has 416 valence electrons. The van der Waals surface area contributed by atoms with Crippen LogP contribution in [0.1, 0.15) is 102 Å². The Labute approximate surface area is 490 Å². The fourth-order valence-electron chi connectivity index (χ4n) is 13.5. The summed E-state index contributed by atoms with van der Waals surface area (Å²) in [6.45, 7) is 3.88. The first-order valence-electron chi connectivity index (χ1n) is 28.9. The number of carbonyl (C=O) groups is 3. The van der Waals surface area contributed by atoms with Gasteiger partial charge < -0.3 is 44.8 Å². The van der Waals surface area contributed by atoms with Gasteiger partial charge in [-0.05, 0) is 118 Å². The molecule has 0 radical (unpaired) electrons. The maximum Gasteiger partial charge on any atom is 0.366 e. The SMILES string of the molecule is CC(c1[nH]c2ccccc2c1C(=O)On1c(C(C)c2c[nH]c3ccc(-c4ccc5[nH]c(C(=O)c6c[nH]c7ccccc67)c(C=O)c5c4)cc23)c(CO)c2ccccc21)c1c[nH]c2ccc(-c3ccc4[nH]c(Cc5c[nH]c6ccccc56)cc4c3)cc12. The van der Waals surface area contributed by atoms with Crippen molar-refractivity contribution in [2.75, 3.05) is 0 Å². The second kappa shape index (κ2) is 19.8. The van der Waals surface area contributed by atoms with Crippen molar-refractivity contribution in [1.29, 1.82) is 0 Å². The highest BCUT2D eigenvalue weighted by molar-refractivity contribution is 6.21. The third-order valence-electron chi connectivity index (χ3n) is 17.9. The van der Waals surface area contributed by atoms with Crippen LogP contribution >= 0.6 is 0 Å². The molecule has 0 saturated heterocycles. The molecule has 86 heavy (non-hydrogen) atoms. The largest absolute Gasteiger partial charge is 0.392 e. The highest BCUT2D eigenvalue weighted by atomic mass is 16.7. The second-order valence-electron chi connectivity index (χ2n) is 22.6. The lowest BCUT2D eigenvalue weighted by Gasteiger charge is -2.18. The average molecular weight is 1120 g/mol. The van der Waals surface area contributed by atoms with Crippen LogP contribution in [0.2, 0.25) is 0 Å². The summed E-state index contributed by atoms with van der Waals surface area (Å²) in [7, 11) is 0. The zero-order valence-electron chi connectivity index (χ0n) is 46.7. The van der Waals surface area contributed by atoms with E-state index in [0.717, 1.165) is 117 Å². The van der Waals surface area contributed by atoms with E-state index in [4.69, 9.17) is 4.84 Å². The third kappa shape index (κ3) is 8.00. The van der Waals surface area contributed by atoms with Crippen molar-refractivity contribution in [3.05, 3.63) is 262 Å². The number of aromatic nitrogens is 8. The van der Waals surface area contributed by atoms with E-state index >= 15 is 4.79 Å². The molecule has 8 heterocycles. The molecule has 16 rings (SSSR count). The monoisotopic (exact) mass is 1120 g/mol. The molecule has 2 unspecified atom stereocenters. The zero-order chi connectivity index (χ0) is 57.9. The van der Waals surface area contributed by atoms with E-state index in [0.29, 0.717) is 50.1 Å². The molecular formula is C73H54N8O5. The molecule has 0 fully saturated rings. The number of aliphatic hydroxyl groups is 1. The third-order valence-corrected chi connectivity index (χ3v) is 17.9. The molecule has 0 aliphatic rings. The number of rotatable bonds is 14. The Morgan fingerprint density at radius 3 is 1.78 bits per heavy atom. The number of para-hydroxylation sites is 4. The molecule has 0 bridgehead atoms. The van der Waals surface area contributed by atoms with Gasteiger partial charge in [0.25, 0.3) is 0 Å². The van der Waals surface area contributed by atoms with Gasteiger partial charge in [0.1, 0.15) is 0 Å². The maximum absolute atomic E-state index is 15.5. The Morgan fingerprint density at radius 2 is 1.07 bits per heavy atom. The molecular weight excluding hydrogens is 1070 g/mol. The molecule has 2 atom stereocenters. The van der Waals surface area contributed by atoms with Gasteiger partial charge in [0.15, 0.2) is 6.29 Å². The number of carbonyl (C=O) groups excluding carboxylic acids is 3. The summed E-state index contributed by atoms with van der Waals surface area (Å²) >= 11 is 0. The lowest BCUT2D eigenvalue weighted by Crippen LogP contribution is -2.24. The van der Waals surface area contributed by atoms with Crippen LogP contribution in [0.15, 0.2) is 201 Å². The summed E-state index contributed by atoms with van der Waals surface area (Å²) in [4.78, 5) is 73.3. The van der Waals surface area contributed by atoms with Crippen molar-refractivity contribution in [2.45, 2.75) is 38.7 Å². The van der Waals surface area contributed by atoms with Crippen molar-refractivity contribution in [3.63, 3.8) is 0 Å². The zero-order valence-corrected chi connectivity index (χ0v) is 46.7. The number of fused-ring (bicyclic) bond motifs is 8. The summed E-state index contributed by atoms with van der Waals surface area (Å²) in [6.07, 6.45) is 9.33. The van der Waals surface area contributed by atoms with E-state index in [9.17, 15) is 14.7 Å². The molecule has 8 N–H and O–H groups in total. The van der Waals surface area contributed by atoms with Gasteiger partial charge in [-0.15, -0.1) is 0 Å². The van der Waals surface area contributed by atoms with Crippen molar-refractivity contribution >= 4 is 105 Å². The van der Waals surface area contributed by atoms with Gasteiger partial charge >= 0.3 is 5.97 Å². The van der Waals surface area contributed by atoms with Gasteiger partial charge in [0.2, 0.25) is 5.78 Å². The highest BCUT2D eigenvalue weighted by Crippen LogP contribution is 2.42. The maximum atomic E-state index is 15.5. The van der Waals surface area contributed by atoms with Crippen LogP contribution < -0.4 is 4.84 Å². The number of aromatic amines is 7. The molecule has 13 nitrogen and oxygen atoms in total. The summed E-state index contributed by atoms with van der Waals surface area (Å²) in [5, 5.41) is 18.6. The normalized spacial score (nSPS) is 12.7. The highest BCUT2D eigenvalue weighted by Gasteiger charge is 2.31. The fraction of sp³-hybridized carbons (Fsp3) is 0.0822. The van der Waals surface area contributed by atoms with Crippen LogP contribution in [0.5, 0.6) is 0 Å². The Balaban J connectivity index is 0.728. The van der Waals surface area contributed by atoms with Crippen LogP contribution in [0.25, 0.3) is 109 Å². The minimum absolute atomic E-state index is 0.235. The first kappa shape index (κ1) is 50.6. The molecule has 16 aromatic rings. The predicted molar refractivity (Wildman–Crippen MR) is 342 cm³/mol. The number of aldehydes is 1. The van der Waals surface area contributed by atoms with Gasteiger partial charge in [0.05, 0.1) is 34.6 Å². The first-order chi connectivity index (χ1) is 42.2. The molecule has 8 aromatic carbocycles. The standard InChI is InChI=1S/C73H54N8O5/c1-39(55-34-75-63-24-20-42(30-52(55)63)41-19-23-60-45(27-41)28-47(78-60)29-46-33-74-61-15-7-3-11-48(46)61)69-68(51-14-5-9-17-65(51)79-69)73(85)86-81-67-18-10-6-13-50(67)59(38-83)71(81)40(2)56-35-76-64-25-21-43(31-53(56)64)44-22-26-66-54(32-44)58(37-82)70(80-66)72(84)57-36-77-62-16-8-4-12-49(57)62/h3-28,30-37,39-40,74-80,83H,29,38H2,1-2H3. The number of benzene rings is 8. The van der Waals surface area contributed by atoms with E-state index in [-0.39, 0.29) is 24.0 Å². The van der Waals surface area contributed by atoms with Crippen LogP contribution in [-0.2, 0) is 13.0 Å². The van der Waals surface area contributed by atoms with Crippen LogP contribution in [-0.4, -0.2) is 62.8 Å². The predicted octanol–water partition coefficient (Wildman–Crippen LogP) is 16.0. The number of hydrogen-bond acceptors (Lipinski definition) is 5. The van der Waals surface area contributed by atoms with Crippen molar-refractivity contribution in [3.8, 4) is 22.3 Å². The number of H-pyrrole nitrogens is 7. The topological polar surface area (TPSA) is 196 Å². The second-order valence-corrected chi connectivity index (χ2v) is 22.6.